The Kier molecular flexibility index (Phi) is 4.39. The molecule has 0 saturated heterocycles. The quantitative estimate of drug-likeness (QED) is 0.754. The number of anilines is 1. The second-order valence-electron chi connectivity index (χ2n) is 3.34. The Labute approximate surface area is 95.1 Å². The van der Waals surface area contributed by atoms with Gasteiger partial charge in [-0.15, -0.1) is 0 Å². The maximum atomic E-state index is 10.6. The molecule has 0 atom stereocenters. The zero-order valence-electron chi connectivity index (χ0n) is 9.49. The minimum Gasteiger partial charge on any atom is -0.495 e. The normalized spacial score (nSPS) is 10.4. The molecule has 3 N–H and O–H groups in total. The van der Waals surface area contributed by atoms with E-state index in [-0.39, 0.29) is 5.91 Å². The summed E-state index contributed by atoms with van der Waals surface area (Å²) in [5.41, 5.74) is 7.33. The van der Waals surface area contributed by atoms with Crippen LogP contribution in [-0.2, 0) is 4.79 Å². The number of hydrogen-bond donors (Lipinski definition) is 2. The van der Waals surface area contributed by atoms with E-state index in [2.05, 4.69) is 5.32 Å². The van der Waals surface area contributed by atoms with Gasteiger partial charge in [0.25, 0.3) is 0 Å². The molecular formula is C12H16N2O2. The molecule has 0 aliphatic rings. The summed E-state index contributed by atoms with van der Waals surface area (Å²) < 4.78 is 5.05. The van der Waals surface area contributed by atoms with Gasteiger partial charge in [0.15, 0.2) is 0 Å². The number of rotatable bonds is 4. The maximum Gasteiger partial charge on any atom is 0.217 e. The topological polar surface area (TPSA) is 64.3 Å². The van der Waals surface area contributed by atoms with Crippen LogP contribution in [0.1, 0.15) is 12.5 Å². The predicted octanol–water partition coefficient (Wildman–Crippen LogP) is 1.43. The van der Waals surface area contributed by atoms with Crippen molar-refractivity contribution in [3.8, 4) is 5.75 Å². The van der Waals surface area contributed by atoms with Gasteiger partial charge in [0, 0.05) is 13.5 Å². The van der Waals surface area contributed by atoms with Gasteiger partial charge in [-0.3, -0.25) is 4.79 Å². The molecule has 0 unspecified atom stereocenters. The highest BCUT2D eigenvalue weighted by Gasteiger charge is 1.97. The van der Waals surface area contributed by atoms with E-state index in [1.165, 1.54) is 6.92 Å². The molecule has 1 amide bonds. The lowest BCUT2D eigenvalue weighted by Gasteiger charge is -2.04. The van der Waals surface area contributed by atoms with Gasteiger partial charge in [0.05, 0.1) is 12.8 Å². The lowest BCUT2D eigenvalue weighted by molar-refractivity contribution is -0.118. The van der Waals surface area contributed by atoms with Crippen LogP contribution in [0, 0.1) is 0 Å². The molecule has 0 heterocycles. The number of amides is 1. The van der Waals surface area contributed by atoms with Gasteiger partial charge < -0.3 is 15.8 Å². The Morgan fingerprint density at radius 1 is 1.56 bits per heavy atom. The Balaban J connectivity index is 2.61. The van der Waals surface area contributed by atoms with E-state index in [4.69, 9.17) is 10.5 Å². The van der Waals surface area contributed by atoms with Gasteiger partial charge in [-0.2, -0.15) is 0 Å². The zero-order valence-corrected chi connectivity index (χ0v) is 9.49. The van der Waals surface area contributed by atoms with E-state index in [9.17, 15) is 4.79 Å². The number of benzene rings is 1. The molecule has 1 rings (SSSR count). The maximum absolute atomic E-state index is 10.6. The number of methoxy groups -OCH3 is 1. The molecule has 16 heavy (non-hydrogen) atoms. The Morgan fingerprint density at radius 3 is 2.88 bits per heavy atom. The molecule has 0 bridgehead atoms. The molecule has 0 aromatic heterocycles. The van der Waals surface area contributed by atoms with Crippen LogP contribution in [0.2, 0.25) is 0 Å². The number of ether oxygens (including phenoxy) is 1. The first-order chi connectivity index (χ1) is 7.63. The van der Waals surface area contributed by atoms with Crippen molar-refractivity contribution in [3.05, 3.63) is 29.8 Å². The van der Waals surface area contributed by atoms with Crippen LogP contribution in [0.15, 0.2) is 24.3 Å². The Bertz CT molecular complexity index is 400. The summed E-state index contributed by atoms with van der Waals surface area (Å²) in [4.78, 5) is 10.6. The van der Waals surface area contributed by atoms with E-state index < -0.39 is 0 Å². The molecule has 1 aromatic carbocycles. The lowest BCUT2D eigenvalue weighted by Crippen LogP contribution is -2.19. The monoisotopic (exact) mass is 220 g/mol. The molecule has 0 spiro atoms. The SMILES string of the molecule is COc1ccc(C=CCNC(C)=O)cc1N. The number of nitrogens with two attached hydrogens (primary N) is 1. The van der Waals surface area contributed by atoms with Crippen LogP contribution in [0.4, 0.5) is 5.69 Å². The minimum absolute atomic E-state index is 0.0427. The van der Waals surface area contributed by atoms with Crippen molar-refractivity contribution in [1.82, 2.24) is 5.32 Å². The van der Waals surface area contributed by atoms with Gasteiger partial charge in [0.2, 0.25) is 5.91 Å². The zero-order chi connectivity index (χ0) is 12.0. The number of carbonyl (C=O) groups is 1. The average Bonchev–Trinajstić information content (AvgIpc) is 2.24. The fourth-order valence-electron chi connectivity index (χ4n) is 1.25. The van der Waals surface area contributed by atoms with Crippen molar-refractivity contribution < 1.29 is 9.53 Å². The molecule has 86 valence electrons. The van der Waals surface area contributed by atoms with Crippen molar-refractivity contribution in [2.45, 2.75) is 6.92 Å². The standard InChI is InChI=1S/C12H16N2O2/c1-9(15)14-7-3-4-10-5-6-12(16-2)11(13)8-10/h3-6,8H,7,13H2,1-2H3,(H,14,15). The smallest absolute Gasteiger partial charge is 0.217 e. The second kappa shape index (κ2) is 5.80. The molecule has 0 fully saturated rings. The lowest BCUT2D eigenvalue weighted by atomic mass is 10.2. The summed E-state index contributed by atoms with van der Waals surface area (Å²) in [6.45, 7) is 2.00. The molecule has 0 saturated carbocycles. The van der Waals surface area contributed by atoms with Crippen molar-refractivity contribution >= 4 is 17.7 Å². The number of nitrogens with one attached hydrogen (secondary N) is 1. The summed E-state index contributed by atoms with van der Waals surface area (Å²) in [5, 5.41) is 2.67. The molecule has 0 aliphatic carbocycles. The molecular weight excluding hydrogens is 204 g/mol. The first kappa shape index (κ1) is 12.1. The highest BCUT2D eigenvalue weighted by atomic mass is 16.5. The van der Waals surface area contributed by atoms with Crippen molar-refractivity contribution in [2.75, 3.05) is 19.4 Å². The minimum atomic E-state index is -0.0427. The van der Waals surface area contributed by atoms with E-state index in [1.54, 1.807) is 7.11 Å². The highest BCUT2D eigenvalue weighted by Crippen LogP contribution is 2.22. The van der Waals surface area contributed by atoms with Crippen molar-refractivity contribution in [1.29, 1.82) is 0 Å². The van der Waals surface area contributed by atoms with Gasteiger partial charge in [-0.25, -0.2) is 0 Å². The molecule has 4 nitrogen and oxygen atoms in total. The van der Waals surface area contributed by atoms with Crippen molar-refractivity contribution in [3.63, 3.8) is 0 Å². The van der Waals surface area contributed by atoms with Crippen LogP contribution in [0.3, 0.4) is 0 Å². The molecule has 4 heteroatoms. The van der Waals surface area contributed by atoms with Gasteiger partial charge in [-0.1, -0.05) is 18.2 Å². The van der Waals surface area contributed by atoms with Crippen LogP contribution in [-0.4, -0.2) is 19.6 Å². The average molecular weight is 220 g/mol. The van der Waals surface area contributed by atoms with Crippen LogP contribution < -0.4 is 15.8 Å². The first-order valence-corrected chi connectivity index (χ1v) is 4.98. The summed E-state index contributed by atoms with van der Waals surface area (Å²) >= 11 is 0. The van der Waals surface area contributed by atoms with Crippen LogP contribution in [0.25, 0.3) is 6.08 Å². The fourth-order valence-corrected chi connectivity index (χ4v) is 1.25. The largest absolute Gasteiger partial charge is 0.495 e. The Hall–Kier alpha value is -1.97. The summed E-state index contributed by atoms with van der Waals surface area (Å²) in [6.07, 6.45) is 3.76. The fraction of sp³-hybridized carbons (Fsp3) is 0.250. The van der Waals surface area contributed by atoms with Crippen LogP contribution >= 0.6 is 0 Å². The number of hydrogen-bond acceptors (Lipinski definition) is 3. The number of carbonyl (C=O) groups excluding carboxylic acids is 1. The van der Waals surface area contributed by atoms with E-state index >= 15 is 0 Å². The van der Waals surface area contributed by atoms with E-state index in [1.807, 2.05) is 30.4 Å². The second-order valence-corrected chi connectivity index (χ2v) is 3.34. The predicted molar refractivity (Wildman–Crippen MR) is 65.1 cm³/mol. The third kappa shape index (κ3) is 3.65. The summed E-state index contributed by atoms with van der Waals surface area (Å²) in [6, 6.07) is 5.54. The van der Waals surface area contributed by atoms with Gasteiger partial charge in [0.1, 0.15) is 5.75 Å². The van der Waals surface area contributed by atoms with E-state index in [0.717, 1.165) is 5.56 Å². The molecule has 1 aromatic rings. The highest BCUT2D eigenvalue weighted by molar-refractivity contribution is 5.73. The molecule has 0 aliphatic heterocycles. The molecule has 0 radical (unpaired) electrons. The third-order valence-electron chi connectivity index (χ3n) is 2.03. The Morgan fingerprint density at radius 2 is 2.31 bits per heavy atom. The summed E-state index contributed by atoms with van der Waals surface area (Å²) in [7, 11) is 1.58. The van der Waals surface area contributed by atoms with Gasteiger partial charge in [-0.05, 0) is 17.7 Å². The first-order valence-electron chi connectivity index (χ1n) is 4.98. The van der Waals surface area contributed by atoms with E-state index in [0.29, 0.717) is 18.0 Å². The van der Waals surface area contributed by atoms with Crippen molar-refractivity contribution in [2.24, 2.45) is 0 Å². The number of nitrogen functional groups attached to an aromatic ring is 1. The summed E-state index contributed by atoms with van der Waals surface area (Å²) in [5.74, 6) is 0.623. The van der Waals surface area contributed by atoms with Crippen LogP contribution in [0.5, 0.6) is 5.75 Å². The third-order valence-corrected chi connectivity index (χ3v) is 2.03. The van der Waals surface area contributed by atoms with Gasteiger partial charge >= 0.3 is 0 Å².